The lowest BCUT2D eigenvalue weighted by molar-refractivity contribution is -0.112. The van der Waals surface area contributed by atoms with Crippen LogP contribution in [0.15, 0.2) is 35.9 Å². The highest BCUT2D eigenvalue weighted by molar-refractivity contribution is 6.09. The van der Waals surface area contributed by atoms with E-state index in [1.807, 2.05) is 50.2 Å². The van der Waals surface area contributed by atoms with Crippen LogP contribution in [0.1, 0.15) is 41.4 Å². The summed E-state index contributed by atoms with van der Waals surface area (Å²) in [6.07, 6.45) is 4.10. The molecule has 0 radical (unpaired) electrons. The van der Waals surface area contributed by atoms with Crippen molar-refractivity contribution in [2.45, 2.75) is 39.7 Å². The predicted molar refractivity (Wildman–Crippen MR) is 95.6 cm³/mol. The lowest BCUT2D eigenvalue weighted by atomic mass is 10.1. The Bertz CT molecular complexity index is 863. The van der Waals surface area contributed by atoms with Gasteiger partial charge in [0, 0.05) is 23.1 Å². The zero-order valence-electron chi connectivity index (χ0n) is 14.3. The summed E-state index contributed by atoms with van der Waals surface area (Å²) in [5.41, 5.74) is 5.11. The van der Waals surface area contributed by atoms with Crippen molar-refractivity contribution in [2.75, 3.05) is 5.32 Å². The highest BCUT2D eigenvalue weighted by atomic mass is 16.1. The molecule has 24 heavy (non-hydrogen) atoms. The molecule has 0 atom stereocenters. The Labute approximate surface area is 142 Å². The van der Waals surface area contributed by atoms with Crippen molar-refractivity contribution in [3.8, 4) is 6.07 Å². The fourth-order valence-corrected chi connectivity index (χ4v) is 3.07. The number of amides is 1. The summed E-state index contributed by atoms with van der Waals surface area (Å²) in [7, 11) is 0. The van der Waals surface area contributed by atoms with Crippen LogP contribution < -0.4 is 5.32 Å². The first-order chi connectivity index (χ1) is 11.5. The van der Waals surface area contributed by atoms with E-state index in [9.17, 15) is 10.1 Å². The van der Waals surface area contributed by atoms with Gasteiger partial charge in [-0.05, 0) is 69.0 Å². The smallest absolute Gasteiger partial charge is 0.266 e. The molecule has 1 heterocycles. The number of aryl methyl sites for hydroxylation is 2. The molecule has 3 rings (SSSR count). The molecule has 4 heteroatoms. The number of nitrogens with zero attached hydrogens (tertiary/aromatic N) is 2. The van der Waals surface area contributed by atoms with E-state index in [0.29, 0.717) is 11.7 Å². The SMILES string of the molecule is Cc1cccc(NC(=O)C(C#N)=Cc2cc(C)n(C3CC3)c2C)c1. The van der Waals surface area contributed by atoms with Gasteiger partial charge in [-0.1, -0.05) is 12.1 Å². The van der Waals surface area contributed by atoms with E-state index >= 15 is 0 Å². The number of anilines is 1. The molecule has 1 N–H and O–H groups in total. The van der Waals surface area contributed by atoms with Gasteiger partial charge in [-0.2, -0.15) is 5.26 Å². The third kappa shape index (κ3) is 3.26. The highest BCUT2D eigenvalue weighted by Gasteiger charge is 2.26. The lowest BCUT2D eigenvalue weighted by Crippen LogP contribution is -2.13. The van der Waals surface area contributed by atoms with Gasteiger partial charge in [0.2, 0.25) is 0 Å². The van der Waals surface area contributed by atoms with Gasteiger partial charge < -0.3 is 9.88 Å². The molecule has 0 unspecified atom stereocenters. The van der Waals surface area contributed by atoms with Crippen LogP contribution in [0, 0.1) is 32.1 Å². The van der Waals surface area contributed by atoms with E-state index in [1.165, 1.54) is 18.5 Å². The monoisotopic (exact) mass is 319 g/mol. The molecule has 1 saturated carbocycles. The van der Waals surface area contributed by atoms with Gasteiger partial charge in [0.15, 0.2) is 0 Å². The molecule has 2 aromatic rings. The molecule has 122 valence electrons. The fraction of sp³-hybridized carbons (Fsp3) is 0.300. The standard InChI is InChI=1S/C20H21N3O/c1-13-5-4-6-18(9-13)22-20(24)17(12-21)11-16-10-14(2)23(15(16)3)19-7-8-19/h4-6,9-11,19H,7-8H2,1-3H3,(H,22,24). The quantitative estimate of drug-likeness (QED) is 0.675. The zero-order valence-corrected chi connectivity index (χ0v) is 14.3. The molecule has 1 aromatic heterocycles. The topological polar surface area (TPSA) is 57.8 Å². The van der Waals surface area contributed by atoms with Gasteiger partial charge in [0.05, 0.1) is 0 Å². The summed E-state index contributed by atoms with van der Waals surface area (Å²) in [6.45, 7) is 6.08. The first-order valence-corrected chi connectivity index (χ1v) is 8.18. The molecule has 0 bridgehead atoms. The molecule has 4 nitrogen and oxygen atoms in total. The number of nitrogens with one attached hydrogen (secondary N) is 1. The van der Waals surface area contributed by atoms with Crippen molar-refractivity contribution in [2.24, 2.45) is 0 Å². The van der Waals surface area contributed by atoms with E-state index in [4.69, 9.17) is 0 Å². The Kier molecular flexibility index (Phi) is 4.26. The molecular formula is C20H21N3O. The van der Waals surface area contributed by atoms with Gasteiger partial charge in [-0.3, -0.25) is 4.79 Å². The number of carbonyl (C=O) groups excluding carboxylic acids is 1. The van der Waals surface area contributed by atoms with Crippen molar-refractivity contribution in [3.63, 3.8) is 0 Å². The van der Waals surface area contributed by atoms with Crippen molar-refractivity contribution in [1.82, 2.24) is 4.57 Å². The van der Waals surface area contributed by atoms with E-state index in [-0.39, 0.29) is 11.5 Å². The normalized spacial score (nSPS) is 14.3. The summed E-state index contributed by atoms with van der Waals surface area (Å²) in [5, 5.41) is 12.2. The average Bonchev–Trinajstić information content (AvgIpc) is 3.31. The third-order valence-electron chi connectivity index (χ3n) is 4.38. The molecule has 0 saturated heterocycles. The summed E-state index contributed by atoms with van der Waals surface area (Å²) in [6, 6.07) is 12.2. The van der Waals surface area contributed by atoms with Crippen LogP contribution in [0.2, 0.25) is 0 Å². The van der Waals surface area contributed by atoms with Crippen molar-refractivity contribution < 1.29 is 4.79 Å². The van der Waals surface area contributed by atoms with E-state index < -0.39 is 0 Å². The number of aromatic nitrogens is 1. The van der Waals surface area contributed by atoms with Crippen LogP contribution in [0.4, 0.5) is 5.69 Å². The minimum atomic E-state index is -0.376. The second-order valence-corrected chi connectivity index (χ2v) is 6.42. The Morgan fingerprint density at radius 3 is 2.67 bits per heavy atom. The minimum Gasteiger partial charge on any atom is -0.346 e. The summed E-state index contributed by atoms with van der Waals surface area (Å²) in [4.78, 5) is 12.4. The summed E-state index contributed by atoms with van der Waals surface area (Å²) < 4.78 is 2.30. The van der Waals surface area contributed by atoms with Crippen molar-refractivity contribution in [3.05, 3.63) is 58.4 Å². The van der Waals surface area contributed by atoms with Crippen LogP contribution in [0.3, 0.4) is 0 Å². The molecule has 1 aromatic carbocycles. The molecule has 0 spiro atoms. The number of nitriles is 1. The van der Waals surface area contributed by atoms with Crippen molar-refractivity contribution >= 4 is 17.7 Å². The lowest BCUT2D eigenvalue weighted by Gasteiger charge is -2.07. The largest absolute Gasteiger partial charge is 0.346 e. The van der Waals surface area contributed by atoms with Gasteiger partial charge in [-0.15, -0.1) is 0 Å². The maximum Gasteiger partial charge on any atom is 0.266 e. The van der Waals surface area contributed by atoms with E-state index in [0.717, 1.165) is 16.8 Å². The maximum absolute atomic E-state index is 12.4. The van der Waals surface area contributed by atoms with Crippen LogP contribution in [0.25, 0.3) is 6.08 Å². The number of rotatable bonds is 4. The minimum absolute atomic E-state index is 0.118. The average molecular weight is 319 g/mol. The summed E-state index contributed by atoms with van der Waals surface area (Å²) >= 11 is 0. The Morgan fingerprint density at radius 1 is 1.29 bits per heavy atom. The molecule has 1 fully saturated rings. The Hall–Kier alpha value is -2.80. The molecule has 1 aliphatic rings. The zero-order chi connectivity index (χ0) is 17.3. The molecular weight excluding hydrogens is 298 g/mol. The van der Waals surface area contributed by atoms with Crippen molar-refractivity contribution in [1.29, 1.82) is 5.26 Å². The first kappa shape index (κ1) is 16.1. The van der Waals surface area contributed by atoms with Crippen LogP contribution in [-0.2, 0) is 4.79 Å². The number of hydrogen-bond acceptors (Lipinski definition) is 2. The second-order valence-electron chi connectivity index (χ2n) is 6.42. The van der Waals surface area contributed by atoms with Gasteiger partial charge in [0.25, 0.3) is 5.91 Å². The Morgan fingerprint density at radius 2 is 2.04 bits per heavy atom. The molecule has 1 aliphatic carbocycles. The number of benzene rings is 1. The van der Waals surface area contributed by atoms with Crippen LogP contribution in [0.5, 0.6) is 0 Å². The fourth-order valence-electron chi connectivity index (χ4n) is 3.07. The predicted octanol–water partition coefficient (Wildman–Crippen LogP) is 4.29. The van der Waals surface area contributed by atoms with Crippen LogP contribution >= 0.6 is 0 Å². The number of hydrogen-bond donors (Lipinski definition) is 1. The van der Waals surface area contributed by atoms with Crippen LogP contribution in [-0.4, -0.2) is 10.5 Å². The van der Waals surface area contributed by atoms with Gasteiger partial charge in [0.1, 0.15) is 11.6 Å². The Balaban J connectivity index is 1.86. The first-order valence-electron chi connectivity index (χ1n) is 8.18. The number of carbonyl (C=O) groups is 1. The van der Waals surface area contributed by atoms with E-state index in [1.54, 1.807) is 6.08 Å². The van der Waals surface area contributed by atoms with E-state index in [2.05, 4.69) is 16.8 Å². The maximum atomic E-state index is 12.4. The molecule has 0 aliphatic heterocycles. The molecule has 1 amide bonds. The van der Waals surface area contributed by atoms with Gasteiger partial charge in [-0.25, -0.2) is 0 Å². The third-order valence-corrected chi connectivity index (χ3v) is 4.38. The second kappa shape index (κ2) is 6.37. The highest BCUT2D eigenvalue weighted by Crippen LogP contribution is 2.38. The van der Waals surface area contributed by atoms with Gasteiger partial charge >= 0.3 is 0 Å². The summed E-state index contributed by atoms with van der Waals surface area (Å²) in [5.74, 6) is -0.376.